The summed E-state index contributed by atoms with van der Waals surface area (Å²) in [6, 6.07) is 4.01. The van der Waals surface area contributed by atoms with Gasteiger partial charge in [0.2, 0.25) is 0 Å². The summed E-state index contributed by atoms with van der Waals surface area (Å²) >= 11 is 5.89. The number of hydrazone groups is 1. The number of phenolic OH excluding ortho intramolecular Hbond substituents is 1. The van der Waals surface area contributed by atoms with Crippen molar-refractivity contribution in [2.45, 2.75) is 52.9 Å². The second-order valence-electron chi connectivity index (χ2n) is 8.13. The van der Waals surface area contributed by atoms with Gasteiger partial charge in [0.15, 0.2) is 0 Å². The molecule has 1 unspecified atom stereocenters. The molecule has 0 aliphatic heterocycles. The van der Waals surface area contributed by atoms with Gasteiger partial charge in [-0.05, 0) is 52.7 Å². The number of phenols is 1. The van der Waals surface area contributed by atoms with E-state index >= 15 is 0 Å². The monoisotopic (exact) mass is 373 g/mol. The van der Waals surface area contributed by atoms with E-state index in [1.54, 1.807) is 18.2 Å². The first-order chi connectivity index (χ1) is 12.0. The van der Waals surface area contributed by atoms with Crippen molar-refractivity contribution in [2.75, 3.05) is 5.43 Å². The van der Waals surface area contributed by atoms with Crippen LogP contribution in [0, 0.1) is 11.3 Å². The first-order valence-electron chi connectivity index (χ1n) is 8.86. The van der Waals surface area contributed by atoms with E-state index in [-0.39, 0.29) is 22.8 Å². The number of aromatic hydroxyl groups is 1. The molecule has 0 aromatic heterocycles. The van der Waals surface area contributed by atoms with Crippen molar-refractivity contribution in [3.63, 3.8) is 0 Å². The van der Waals surface area contributed by atoms with Gasteiger partial charge in [0.25, 0.3) is 0 Å². The van der Waals surface area contributed by atoms with Gasteiger partial charge in [-0.1, -0.05) is 59.2 Å². The molecule has 2 rings (SSSR count). The number of allylic oxidation sites excluding steroid dienone is 4. The molecule has 26 heavy (non-hydrogen) atoms. The Bertz CT molecular complexity index is 798. The van der Waals surface area contributed by atoms with E-state index in [0.717, 1.165) is 11.1 Å². The molecule has 0 saturated carbocycles. The van der Waals surface area contributed by atoms with Crippen LogP contribution in [-0.2, 0) is 5.41 Å². The van der Waals surface area contributed by atoms with Crippen molar-refractivity contribution >= 4 is 28.7 Å². The summed E-state index contributed by atoms with van der Waals surface area (Å²) in [6.07, 6.45) is 4.91. The van der Waals surface area contributed by atoms with E-state index in [9.17, 15) is 5.11 Å². The minimum absolute atomic E-state index is 0.0591. The Morgan fingerprint density at radius 2 is 1.81 bits per heavy atom. The van der Waals surface area contributed by atoms with Crippen molar-refractivity contribution in [1.29, 1.82) is 5.41 Å². The first-order valence-corrected chi connectivity index (χ1v) is 9.23. The zero-order chi connectivity index (χ0) is 19.6. The van der Waals surface area contributed by atoms with E-state index in [4.69, 9.17) is 17.0 Å². The van der Waals surface area contributed by atoms with Gasteiger partial charge >= 0.3 is 0 Å². The highest BCUT2D eigenvalue weighted by Crippen LogP contribution is 2.40. The molecule has 1 aliphatic carbocycles. The molecule has 1 aliphatic rings. The van der Waals surface area contributed by atoms with Crippen molar-refractivity contribution in [2.24, 2.45) is 11.0 Å². The molecule has 0 heterocycles. The molecule has 3 N–H and O–H groups in total. The number of nitrogens with one attached hydrogen (secondary N) is 2. The maximum Gasteiger partial charge on any atom is 0.144 e. The van der Waals surface area contributed by atoms with Crippen LogP contribution in [0.3, 0.4) is 0 Å². The lowest BCUT2D eigenvalue weighted by Crippen LogP contribution is -2.15. The van der Waals surface area contributed by atoms with Gasteiger partial charge in [-0.15, -0.1) is 0 Å². The van der Waals surface area contributed by atoms with Gasteiger partial charge in [0.1, 0.15) is 11.5 Å². The number of anilines is 1. The average Bonchev–Trinajstić information content (AvgIpc) is 2.53. The molecule has 4 nitrogen and oxygen atoms in total. The van der Waals surface area contributed by atoms with Crippen LogP contribution < -0.4 is 5.43 Å². The Kier molecular flexibility index (Phi) is 5.97. The summed E-state index contributed by atoms with van der Waals surface area (Å²) in [7, 11) is 0. The molecule has 0 fully saturated rings. The van der Waals surface area contributed by atoms with Gasteiger partial charge in [-0.2, -0.15) is 5.10 Å². The van der Waals surface area contributed by atoms with Crippen LogP contribution >= 0.6 is 11.6 Å². The SMILES string of the molecule is CC(C)C(C)c1cc(C(C)(C)C)cc(N/N=C2/C=CC(Cl)=CC2=N)c1O. The fraction of sp³-hybridized carbons (Fsp3) is 0.429. The molecule has 0 spiro atoms. The zero-order valence-electron chi connectivity index (χ0n) is 16.3. The Morgan fingerprint density at radius 1 is 1.15 bits per heavy atom. The third kappa shape index (κ3) is 4.55. The van der Waals surface area contributed by atoms with Crippen LogP contribution in [0.4, 0.5) is 5.69 Å². The minimum Gasteiger partial charge on any atom is -0.505 e. The summed E-state index contributed by atoms with van der Waals surface area (Å²) in [5.74, 6) is 0.820. The van der Waals surface area contributed by atoms with Crippen LogP contribution in [0.1, 0.15) is 58.6 Å². The van der Waals surface area contributed by atoms with Crippen LogP contribution in [0.2, 0.25) is 0 Å². The average molecular weight is 374 g/mol. The lowest BCUT2D eigenvalue weighted by molar-refractivity contribution is 0.446. The minimum atomic E-state index is -0.0591. The molecule has 1 atom stereocenters. The molecule has 5 heteroatoms. The van der Waals surface area contributed by atoms with Crippen LogP contribution in [0.25, 0.3) is 0 Å². The summed E-state index contributed by atoms with van der Waals surface area (Å²) in [5, 5.41) is 23.5. The molecule has 140 valence electrons. The van der Waals surface area contributed by atoms with Crippen molar-refractivity contribution in [1.82, 2.24) is 0 Å². The first kappa shape index (κ1) is 20.2. The Labute approximate surface area is 161 Å². The maximum absolute atomic E-state index is 10.8. The normalized spacial score (nSPS) is 17.6. The van der Waals surface area contributed by atoms with E-state index in [2.05, 4.69) is 58.1 Å². The topological polar surface area (TPSA) is 68.5 Å². The van der Waals surface area contributed by atoms with E-state index in [1.165, 1.54) is 0 Å². The number of halogens is 1. The van der Waals surface area contributed by atoms with Gasteiger partial charge in [0.05, 0.1) is 11.4 Å². The van der Waals surface area contributed by atoms with Crippen LogP contribution in [0.5, 0.6) is 5.75 Å². The number of hydrogen-bond acceptors (Lipinski definition) is 4. The Balaban J connectivity index is 2.46. The number of nitrogens with zero attached hydrogens (tertiary/aromatic N) is 1. The predicted molar refractivity (Wildman–Crippen MR) is 112 cm³/mol. The molecule has 0 radical (unpaired) electrons. The highest BCUT2D eigenvalue weighted by Gasteiger charge is 2.22. The summed E-state index contributed by atoms with van der Waals surface area (Å²) in [4.78, 5) is 0. The highest BCUT2D eigenvalue weighted by molar-refractivity contribution is 6.52. The molecular weight excluding hydrogens is 346 g/mol. The molecule has 0 bridgehead atoms. The zero-order valence-corrected chi connectivity index (χ0v) is 17.1. The lowest BCUT2D eigenvalue weighted by atomic mass is 9.81. The molecular formula is C21H28ClN3O. The molecule has 1 aromatic carbocycles. The number of hydrogen-bond donors (Lipinski definition) is 3. The standard InChI is InChI=1S/C21H28ClN3O/c1-12(2)13(3)16-9-14(21(4,5)6)10-19(20(16)26)25-24-18-8-7-15(22)11-17(18)23/h7-13,23,25-26H,1-6H3/b23-17?,24-18-. The van der Waals surface area contributed by atoms with Crippen molar-refractivity contribution < 1.29 is 5.11 Å². The Hall–Kier alpha value is -2.07. The fourth-order valence-corrected chi connectivity index (χ4v) is 2.78. The molecule has 1 aromatic rings. The van der Waals surface area contributed by atoms with Gasteiger partial charge in [0, 0.05) is 5.03 Å². The van der Waals surface area contributed by atoms with Crippen molar-refractivity contribution in [3.05, 3.63) is 46.5 Å². The maximum atomic E-state index is 10.8. The van der Waals surface area contributed by atoms with Crippen LogP contribution in [-0.4, -0.2) is 16.5 Å². The second kappa shape index (κ2) is 7.67. The largest absolute Gasteiger partial charge is 0.505 e. The molecule has 0 saturated heterocycles. The smallest absolute Gasteiger partial charge is 0.144 e. The Morgan fingerprint density at radius 3 is 2.35 bits per heavy atom. The number of benzene rings is 1. The van der Waals surface area contributed by atoms with Gasteiger partial charge < -0.3 is 5.11 Å². The third-order valence-electron chi connectivity index (χ3n) is 4.75. The van der Waals surface area contributed by atoms with E-state index in [1.807, 2.05) is 6.07 Å². The van der Waals surface area contributed by atoms with E-state index < -0.39 is 0 Å². The highest BCUT2D eigenvalue weighted by atomic mass is 35.5. The lowest BCUT2D eigenvalue weighted by Gasteiger charge is -2.25. The summed E-state index contributed by atoms with van der Waals surface area (Å²) in [6.45, 7) is 12.8. The van der Waals surface area contributed by atoms with Gasteiger partial charge in [-0.25, -0.2) is 0 Å². The third-order valence-corrected chi connectivity index (χ3v) is 4.99. The van der Waals surface area contributed by atoms with Gasteiger partial charge in [-0.3, -0.25) is 10.8 Å². The number of rotatable bonds is 4. The summed E-state index contributed by atoms with van der Waals surface area (Å²) < 4.78 is 0. The second-order valence-corrected chi connectivity index (χ2v) is 8.57. The van der Waals surface area contributed by atoms with E-state index in [0.29, 0.717) is 22.3 Å². The fourth-order valence-electron chi connectivity index (χ4n) is 2.61. The quantitative estimate of drug-likeness (QED) is 0.348. The predicted octanol–water partition coefficient (Wildman–Crippen LogP) is 5.93. The molecule has 0 amide bonds. The van der Waals surface area contributed by atoms with Crippen LogP contribution in [0.15, 0.2) is 40.5 Å². The van der Waals surface area contributed by atoms with Crippen molar-refractivity contribution in [3.8, 4) is 5.75 Å². The summed E-state index contributed by atoms with van der Waals surface area (Å²) in [5.41, 5.74) is 6.17.